The molecule has 2 amide bonds. The van der Waals surface area contributed by atoms with Crippen LogP contribution >= 0.6 is 11.6 Å². The Bertz CT molecular complexity index is 610. The van der Waals surface area contributed by atoms with Gasteiger partial charge in [-0.25, -0.2) is 0 Å². The summed E-state index contributed by atoms with van der Waals surface area (Å²) in [4.78, 5) is 28.2. The van der Waals surface area contributed by atoms with E-state index >= 15 is 0 Å². The molecule has 1 heterocycles. The highest BCUT2D eigenvalue weighted by Gasteiger charge is 2.33. The van der Waals surface area contributed by atoms with Gasteiger partial charge in [-0.05, 0) is 45.0 Å². The van der Waals surface area contributed by atoms with Crippen LogP contribution in [0.4, 0.5) is 0 Å². The molecule has 1 fully saturated rings. The molecule has 0 spiro atoms. The Kier molecular flexibility index (Phi) is 7.14. The molecule has 0 saturated carbocycles. The van der Waals surface area contributed by atoms with E-state index in [2.05, 4.69) is 0 Å². The topological polar surface area (TPSA) is 59.1 Å². The molecule has 0 N–H and O–H groups in total. The maximum atomic E-state index is 12.4. The zero-order valence-corrected chi connectivity index (χ0v) is 16.4. The third-order valence-electron chi connectivity index (χ3n) is 4.33. The highest BCUT2D eigenvalue weighted by atomic mass is 35.5. The summed E-state index contributed by atoms with van der Waals surface area (Å²) in [6.45, 7) is 8.25. The van der Waals surface area contributed by atoms with Gasteiger partial charge < -0.3 is 19.3 Å². The van der Waals surface area contributed by atoms with Crippen LogP contribution in [0.3, 0.4) is 0 Å². The van der Waals surface area contributed by atoms with Gasteiger partial charge in [-0.2, -0.15) is 0 Å². The lowest BCUT2D eigenvalue weighted by molar-refractivity contribution is -0.145. The molecule has 1 aliphatic rings. The van der Waals surface area contributed by atoms with Crippen molar-refractivity contribution in [1.29, 1.82) is 0 Å². The van der Waals surface area contributed by atoms with Gasteiger partial charge in [-0.3, -0.25) is 9.59 Å². The Morgan fingerprint density at radius 2 is 1.50 bits per heavy atom. The number of hydrogen-bond donors (Lipinski definition) is 0. The SMILES string of the molecule is CCOc1ccc(OCC(=O)N2CCN(C(=O)C(C)(C)CCl)CC2)cc1. The molecule has 1 saturated heterocycles. The van der Waals surface area contributed by atoms with Gasteiger partial charge in [0.1, 0.15) is 11.5 Å². The summed E-state index contributed by atoms with van der Waals surface area (Å²) < 4.78 is 10.9. The average molecular weight is 383 g/mol. The standard InChI is InChI=1S/C19H27ClN2O4/c1-4-25-15-5-7-16(8-6-15)26-13-17(23)21-9-11-22(12-10-21)18(24)19(2,3)14-20/h5-8H,4,9-14H2,1-3H3. The predicted molar refractivity (Wildman–Crippen MR) is 101 cm³/mol. The van der Waals surface area contributed by atoms with Crippen LogP contribution in [0, 0.1) is 5.41 Å². The molecule has 1 aromatic carbocycles. The fourth-order valence-corrected chi connectivity index (χ4v) is 2.79. The van der Waals surface area contributed by atoms with E-state index in [1.165, 1.54) is 0 Å². The number of carbonyl (C=O) groups is 2. The van der Waals surface area contributed by atoms with Crippen molar-refractivity contribution in [3.8, 4) is 11.5 Å². The zero-order chi connectivity index (χ0) is 19.2. The van der Waals surface area contributed by atoms with E-state index in [1.807, 2.05) is 32.9 Å². The number of nitrogens with zero attached hydrogens (tertiary/aromatic N) is 2. The quantitative estimate of drug-likeness (QED) is 0.679. The lowest BCUT2D eigenvalue weighted by atomic mass is 9.94. The van der Waals surface area contributed by atoms with Crippen LogP contribution in [-0.2, 0) is 9.59 Å². The number of rotatable bonds is 7. The Morgan fingerprint density at radius 3 is 2.00 bits per heavy atom. The van der Waals surface area contributed by atoms with E-state index in [9.17, 15) is 9.59 Å². The average Bonchev–Trinajstić information content (AvgIpc) is 2.67. The van der Waals surface area contributed by atoms with Gasteiger partial charge in [-0.15, -0.1) is 11.6 Å². The van der Waals surface area contributed by atoms with Crippen LogP contribution in [-0.4, -0.2) is 66.9 Å². The molecule has 0 aromatic heterocycles. The maximum absolute atomic E-state index is 12.4. The minimum absolute atomic E-state index is 0.0187. The highest BCUT2D eigenvalue weighted by molar-refractivity contribution is 6.19. The first-order valence-electron chi connectivity index (χ1n) is 8.86. The summed E-state index contributed by atoms with van der Waals surface area (Å²) in [6.07, 6.45) is 0. The fraction of sp³-hybridized carbons (Fsp3) is 0.579. The van der Waals surface area contributed by atoms with E-state index in [0.29, 0.717) is 38.5 Å². The van der Waals surface area contributed by atoms with Gasteiger partial charge in [0.15, 0.2) is 6.61 Å². The lowest BCUT2D eigenvalue weighted by Crippen LogP contribution is -2.54. The Hall–Kier alpha value is -1.95. The monoisotopic (exact) mass is 382 g/mol. The lowest BCUT2D eigenvalue weighted by Gasteiger charge is -2.38. The van der Waals surface area contributed by atoms with Crippen molar-refractivity contribution < 1.29 is 19.1 Å². The molecule has 0 aliphatic carbocycles. The molecule has 2 rings (SSSR count). The first-order chi connectivity index (χ1) is 12.4. The van der Waals surface area contributed by atoms with Crippen molar-refractivity contribution in [3.63, 3.8) is 0 Å². The van der Waals surface area contributed by atoms with Crippen LogP contribution in [0.5, 0.6) is 11.5 Å². The summed E-state index contributed by atoms with van der Waals surface area (Å²) in [6, 6.07) is 7.19. The van der Waals surface area contributed by atoms with E-state index in [-0.39, 0.29) is 24.3 Å². The number of amides is 2. The highest BCUT2D eigenvalue weighted by Crippen LogP contribution is 2.22. The van der Waals surface area contributed by atoms with Crippen molar-refractivity contribution in [1.82, 2.24) is 9.80 Å². The van der Waals surface area contributed by atoms with E-state index < -0.39 is 5.41 Å². The summed E-state index contributed by atoms with van der Waals surface area (Å²) in [5.41, 5.74) is -0.579. The second-order valence-electron chi connectivity index (χ2n) is 6.88. The normalized spacial score (nSPS) is 14.9. The van der Waals surface area contributed by atoms with Gasteiger partial charge in [0.05, 0.1) is 12.0 Å². The van der Waals surface area contributed by atoms with Crippen molar-refractivity contribution in [2.75, 3.05) is 45.3 Å². The number of ether oxygens (including phenoxy) is 2. The summed E-state index contributed by atoms with van der Waals surface area (Å²) in [5.74, 6) is 1.63. The first kappa shape index (κ1) is 20.4. The summed E-state index contributed by atoms with van der Waals surface area (Å²) >= 11 is 5.88. The molecule has 0 unspecified atom stereocenters. The van der Waals surface area contributed by atoms with Gasteiger partial charge >= 0.3 is 0 Å². The van der Waals surface area contributed by atoms with Crippen molar-refractivity contribution in [2.24, 2.45) is 5.41 Å². The van der Waals surface area contributed by atoms with Crippen LogP contribution in [0.15, 0.2) is 24.3 Å². The fourth-order valence-electron chi connectivity index (χ4n) is 2.68. The Morgan fingerprint density at radius 1 is 1.00 bits per heavy atom. The molecule has 26 heavy (non-hydrogen) atoms. The third-order valence-corrected chi connectivity index (χ3v) is 5.00. The number of piperazine rings is 1. The van der Waals surface area contributed by atoms with Crippen molar-refractivity contribution in [2.45, 2.75) is 20.8 Å². The van der Waals surface area contributed by atoms with E-state index in [1.54, 1.807) is 21.9 Å². The number of halogens is 1. The molecule has 0 atom stereocenters. The molecule has 7 heteroatoms. The molecular formula is C19H27ClN2O4. The van der Waals surface area contributed by atoms with Crippen LogP contribution < -0.4 is 9.47 Å². The molecule has 144 valence electrons. The number of carbonyl (C=O) groups excluding carboxylic acids is 2. The third kappa shape index (κ3) is 5.27. The summed E-state index contributed by atoms with van der Waals surface area (Å²) in [7, 11) is 0. The molecule has 6 nitrogen and oxygen atoms in total. The number of hydrogen-bond acceptors (Lipinski definition) is 4. The van der Waals surface area contributed by atoms with Crippen LogP contribution in [0.25, 0.3) is 0 Å². The van der Waals surface area contributed by atoms with Gasteiger partial charge in [0.2, 0.25) is 5.91 Å². The van der Waals surface area contributed by atoms with Crippen molar-refractivity contribution >= 4 is 23.4 Å². The molecule has 0 bridgehead atoms. The van der Waals surface area contributed by atoms with Crippen LogP contribution in [0.2, 0.25) is 0 Å². The predicted octanol–water partition coefficient (Wildman–Crippen LogP) is 2.40. The van der Waals surface area contributed by atoms with Gasteiger partial charge in [0, 0.05) is 32.1 Å². The number of alkyl halides is 1. The van der Waals surface area contributed by atoms with Gasteiger partial charge in [0.25, 0.3) is 5.91 Å². The Labute approximate surface area is 160 Å². The largest absolute Gasteiger partial charge is 0.494 e. The first-order valence-corrected chi connectivity index (χ1v) is 9.39. The minimum Gasteiger partial charge on any atom is -0.494 e. The smallest absolute Gasteiger partial charge is 0.260 e. The second-order valence-corrected chi connectivity index (χ2v) is 7.15. The van der Waals surface area contributed by atoms with E-state index in [4.69, 9.17) is 21.1 Å². The van der Waals surface area contributed by atoms with Gasteiger partial charge in [-0.1, -0.05) is 0 Å². The van der Waals surface area contributed by atoms with Crippen LogP contribution in [0.1, 0.15) is 20.8 Å². The van der Waals surface area contributed by atoms with Crippen molar-refractivity contribution in [3.05, 3.63) is 24.3 Å². The molecule has 1 aromatic rings. The minimum atomic E-state index is -0.579. The van der Waals surface area contributed by atoms with E-state index in [0.717, 1.165) is 5.75 Å². The molecule has 0 radical (unpaired) electrons. The number of benzene rings is 1. The zero-order valence-electron chi connectivity index (χ0n) is 15.7. The molecule has 1 aliphatic heterocycles. The second kappa shape index (κ2) is 9.12. The molecular weight excluding hydrogens is 356 g/mol. The summed E-state index contributed by atoms with van der Waals surface area (Å²) in [5, 5.41) is 0. The Balaban J connectivity index is 1.78. The maximum Gasteiger partial charge on any atom is 0.260 e.